The van der Waals surface area contributed by atoms with Crippen molar-refractivity contribution >= 4 is 34.7 Å². The van der Waals surface area contributed by atoms with E-state index in [9.17, 15) is 4.79 Å². The van der Waals surface area contributed by atoms with Crippen LogP contribution < -0.4 is 20.1 Å². The molecule has 1 amide bonds. The van der Waals surface area contributed by atoms with Gasteiger partial charge in [-0.15, -0.1) is 0 Å². The maximum Gasteiger partial charge on any atom is 0.255 e. The highest BCUT2D eigenvalue weighted by Crippen LogP contribution is 2.37. The van der Waals surface area contributed by atoms with Crippen molar-refractivity contribution in [2.75, 3.05) is 24.9 Å². The largest absolute Gasteiger partial charge is 0.495 e. The van der Waals surface area contributed by atoms with Crippen LogP contribution in [0, 0.1) is 0 Å². The van der Waals surface area contributed by atoms with Gasteiger partial charge in [0.1, 0.15) is 17.3 Å². The number of methoxy groups -OCH3 is 2. The van der Waals surface area contributed by atoms with E-state index >= 15 is 0 Å². The number of para-hydroxylation sites is 1. The summed E-state index contributed by atoms with van der Waals surface area (Å²) in [5.74, 6) is 1.28. The number of ether oxygens (including phenoxy) is 2. The molecule has 0 spiro atoms. The molecular weight excluding hydrogens is 366 g/mol. The molecule has 27 heavy (non-hydrogen) atoms. The van der Waals surface area contributed by atoms with Crippen LogP contribution in [0.4, 0.5) is 17.2 Å². The first-order valence-electron chi connectivity index (χ1n) is 8.11. The fourth-order valence-corrected chi connectivity index (χ4v) is 2.69. The van der Waals surface area contributed by atoms with Crippen molar-refractivity contribution in [1.82, 2.24) is 4.98 Å². The molecule has 0 aliphatic carbocycles. The molecule has 1 heterocycles. The number of amides is 1. The van der Waals surface area contributed by atoms with Crippen LogP contribution >= 0.6 is 11.6 Å². The standard InChI is InChI=1S/C20H18ClN3O3/c1-26-17-12-16(18(27-2)11-15(17)21)24-19-10-13(8-9-22-19)20(25)23-14-6-4-3-5-7-14/h3-12H,1-2H3,(H,22,24)(H,23,25). The van der Waals surface area contributed by atoms with Gasteiger partial charge in [-0.3, -0.25) is 4.79 Å². The van der Waals surface area contributed by atoms with Crippen molar-refractivity contribution < 1.29 is 14.3 Å². The Morgan fingerprint density at radius 2 is 1.74 bits per heavy atom. The van der Waals surface area contributed by atoms with E-state index < -0.39 is 0 Å². The number of benzene rings is 2. The zero-order valence-electron chi connectivity index (χ0n) is 14.8. The van der Waals surface area contributed by atoms with E-state index in [1.165, 1.54) is 7.11 Å². The minimum atomic E-state index is -0.229. The average Bonchev–Trinajstić information content (AvgIpc) is 2.70. The molecule has 1 aromatic heterocycles. The zero-order valence-corrected chi connectivity index (χ0v) is 15.6. The van der Waals surface area contributed by atoms with Gasteiger partial charge in [0.25, 0.3) is 5.91 Å². The Hall–Kier alpha value is -3.25. The molecule has 0 aliphatic heterocycles. The summed E-state index contributed by atoms with van der Waals surface area (Å²) < 4.78 is 10.6. The number of aromatic nitrogens is 1. The minimum absolute atomic E-state index is 0.229. The number of halogens is 1. The van der Waals surface area contributed by atoms with Crippen LogP contribution in [-0.2, 0) is 0 Å². The molecule has 7 heteroatoms. The van der Waals surface area contributed by atoms with Crippen molar-refractivity contribution in [3.63, 3.8) is 0 Å². The number of nitrogens with zero attached hydrogens (tertiary/aromatic N) is 1. The highest BCUT2D eigenvalue weighted by Gasteiger charge is 2.12. The Bertz CT molecular complexity index is 948. The lowest BCUT2D eigenvalue weighted by atomic mass is 10.2. The van der Waals surface area contributed by atoms with E-state index in [-0.39, 0.29) is 5.91 Å². The minimum Gasteiger partial charge on any atom is -0.495 e. The van der Waals surface area contributed by atoms with E-state index in [4.69, 9.17) is 21.1 Å². The van der Waals surface area contributed by atoms with Crippen molar-refractivity contribution in [1.29, 1.82) is 0 Å². The van der Waals surface area contributed by atoms with Gasteiger partial charge in [0, 0.05) is 29.6 Å². The van der Waals surface area contributed by atoms with Gasteiger partial charge in [0.2, 0.25) is 0 Å². The number of carbonyl (C=O) groups excluding carboxylic acids is 1. The molecule has 3 aromatic rings. The summed E-state index contributed by atoms with van der Waals surface area (Å²) in [6.45, 7) is 0. The summed E-state index contributed by atoms with van der Waals surface area (Å²) in [6, 6.07) is 15.9. The molecule has 0 saturated heterocycles. The predicted octanol–water partition coefficient (Wildman–Crippen LogP) is 4.75. The lowest BCUT2D eigenvalue weighted by Crippen LogP contribution is -2.12. The molecular formula is C20H18ClN3O3. The SMILES string of the molecule is COc1cc(Nc2cc(C(=O)Nc3ccccc3)ccn2)c(OC)cc1Cl. The van der Waals surface area contributed by atoms with Gasteiger partial charge in [0.15, 0.2) is 0 Å². The smallest absolute Gasteiger partial charge is 0.255 e. The molecule has 2 aromatic carbocycles. The monoisotopic (exact) mass is 383 g/mol. The summed E-state index contributed by atoms with van der Waals surface area (Å²) in [5.41, 5.74) is 1.81. The first-order valence-corrected chi connectivity index (χ1v) is 8.49. The summed E-state index contributed by atoms with van der Waals surface area (Å²) in [5, 5.41) is 6.40. The van der Waals surface area contributed by atoms with Gasteiger partial charge in [-0.1, -0.05) is 29.8 Å². The van der Waals surface area contributed by atoms with Gasteiger partial charge in [-0.05, 0) is 24.3 Å². The van der Waals surface area contributed by atoms with Crippen LogP contribution in [0.15, 0.2) is 60.8 Å². The van der Waals surface area contributed by atoms with Crippen molar-refractivity contribution in [2.24, 2.45) is 0 Å². The normalized spacial score (nSPS) is 10.2. The highest BCUT2D eigenvalue weighted by molar-refractivity contribution is 6.32. The first-order chi connectivity index (χ1) is 13.1. The predicted molar refractivity (Wildman–Crippen MR) is 106 cm³/mol. The number of carbonyl (C=O) groups is 1. The molecule has 2 N–H and O–H groups in total. The molecule has 6 nitrogen and oxygen atoms in total. The molecule has 0 fully saturated rings. The van der Waals surface area contributed by atoms with E-state index in [2.05, 4.69) is 15.6 Å². The quantitative estimate of drug-likeness (QED) is 0.642. The van der Waals surface area contributed by atoms with Crippen LogP contribution in [0.2, 0.25) is 5.02 Å². The van der Waals surface area contributed by atoms with Gasteiger partial charge in [-0.2, -0.15) is 0 Å². The van der Waals surface area contributed by atoms with Crippen LogP contribution in [0.25, 0.3) is 0 Å². The topological polar surface area (TPSA) is 72.5 Å². The Balaban J connectivity index is 1.83. The number of anilines is 3. The second-order valence-corrected chi connectivity index (χ2v) is 5.97. The Labute approximate surface area is 162 Å². The van der Waals surface area contributed by atoms with E-state index in [1.54, 1.807) is 37.6 Å². The Kier molecular flexibility index (Phi) is 5.78. The van der Waals surface area contributed by atoms with Crippen LogP contribution in [-0.4, -0.2) is 25.1 Å². The van der Waals surface area contributed by atoms with Gasteiger partial charge >= 0.3 is 0 Å². The third-order valence-corrected chi connectivity index (χ3v) is 4.09. The molecule has 138 valence electrons. The highest BCUT2D eigenvalue weighted by atomic mass is 35.5. The molecule has 0 radical (unpaired) electrons. The maximum absolute atomic E-state index is 12.5. The number of nitrogens with one attached hydrogen (secondary N) is 2. The van der Waals surface area contributed by atoms with E-state index in [0.29, 0.717) is 33.6 Å². The number of hydrogen-bond acceptors (Lipinski definition) is 5. The number of rotatable bonds is 6. The van der Waals surface area contributed by atoms with Gasteiger partial charge in [0.05, 0.1) is 24.9 Å². The van der Waals surface area contributed by atoms with Crippen molar-refractivity contribution in [3.8, 4) is 11.5 Å². The van der Waals surface area contributed by atoms with Crippen molar-refractivity contribution in [2.45, 2.75) is 0 Å². The second-order valence-electron chi connectivity index (χ2n) is 5.56. The average molecular weight is 384 g/mol. The van der Waals surface area contributed by atoms with Crippen molar-refractivity contribution in [3.05, 3.63) is 71.4 Å². The van der Waals surface area contributed by atoms with Crippen LogP contribution in [0.3, 0.4) is 0 Å². The molecule has 3 rings (SSSR count). The number of hydrogen-bond donors (Lipinski definition) is 2. The lowest BCUT2D eigenvalue weighted by Gasteiger charge is -2.14. The second kappa shape index (κ2) is 8.42. The maximum atomic E-state index is 12.5. The third kappa shape index (κ3) is 4.48. The fraction of sp³-hybridized carbons (Fsp3) is 0.100. The molecule has 0 unspecified atom stereocenters. The summed E-state index contributed by atoms with van der Waals surface area (Å²) in [4.78, 5) is 16.7. The summed E-state index contributed by atoms with van der Waals surface area (Å²) >= 11 is 6.13. The molecule has 0 atom stereocenters. The Morgan fingerprint density at radius 1 is 1.00 bits per heavy atom. The summed E-state index contributed by atoms with van der Waals surface area (Å²) in [6.07, 6.45) is 1.56. The third-order valence-electron chi connectivity index (χ3n) is 3.79. The Morgan fingerprint density at radius 3 is 2.44 bits per heavy atom. The van der Waals surface area contributed by atoms with Gasteiger partial charge in [-0.25, -0.2) is 4.98 Å². The first kappa shape index (κ1) is 18.5. The summed E-state index contributed by atoms with van der Waals surface area (Å²) in [7, 11) is 3.07. The fourth-order valence-electron chi connectivity index (χ4n) is 2.46. The van der Waals surface area contributed by atoms with Crippen LogP contribution in [0.5, 0.6) is 11.5 Å². The van der Waals surface area contributed by atoms with E-state index in [0.717, 1.165) is 5.69 Å². The van der Waals surface area contributed by atoms with E-state index in [1.807, 2.05) is 30.3 Å². The van der Waals surface area contributed by atoms with Crippen LogP contribution in [0.1, 0.15) is 10.4 Å². The number of pyridine rings is 1. The lowest BCUT2D eigenvalue weighted by molar-refractivity contribution is 0.102. The van der Waals surface area contributed by atoms with Gasteiger partial charge < -0.3 is 20.1 Å². The zero-order chi connectivity index (χ0) is 19.2. The molecule has 0 aliphatic rings. The molecule has 0 saturated carbocycles. The molecule has 0 bridgehead atoms.